The smallest absolute Gasteiger partial charge is 0.243 e. The van der Waals surface area contributed by atoms with Crippen molar-refractivity contribution >= 4 is 15.7 Å². The Morgan fingerprint density at radius 3 is 2.53 bits per heavy atom. The fraction of sp³-hybridized carbons (Fsp3) is 0.538. The van der Waals surface area contributed by atoms with E-state index in [0.29, 0.717) is 23.7 Å². The normalized spacial score (nSPS) is 21.2. The Balaban J connectivity index is 2.28. The van der Waals surface area contributed by atoms with E-state index in [2.05, 4.69) is 4.90 Å². The Bertz CT molecular complexity index is 549. The predicted molar refractivity (Wildman–Crippen MR) is 76.4 cm³/mol. The van der Waals surface area contributed by atoms with E-state index in [1.165, 1.54) is 6.07 Å². The van der Waals surface area contributed by atoms with Gasteiger partial charge in [0.1, 0.15) is 0 Å². The van der Waals surface area contributed by atoms with E-state index in [1.54, 1.807) is 16.4 Å². The second-order valence-corrected chi connectivity index (χ2v) is 7.29. The molecular weight excluding hydrogens is 262 g/mol. The van der Waals surface area contributed by atoms with Crippen LogP contribution in [0, 0.1) is 6.92 Å². The van der Waals surface area contributed by atoms with Gasteiger partial charge in [-0.2, -0.15) is 4.31 Å². The molecule has 1 saturated heterocycles. The number of hydrogen-bond acceptors (Lipinski definition) is 4. The van der Waals surface area contributed by atoms with Crippen LogP contribution in [0.2, 0.25) is 0 Å². The third kappa shape index (κ3) is 2.91. The molecule has 1 aliphatic rings. The third-order valence-electron chi connectivity index (χ3n) is 3.57. The average molecular weight is 283 g/mol. The molecule has 1 aromatic rings. The number of likely N-dealkylation sites (N-methyl/N-ethyl adjacent to an activating group) is 1. The molecule has 19 heavy (non-hydrogen) atoms. The Morgan fingerprint density at radius 1 is 1.32 bits per heavy atom. The number of aryl methyl sites for hydroxylation is 1. The van der Waals surface area contributed by atoms with E-state index in [0.717, 1.165) is 12.0 Å². The fourth-order valence-electron chi connectivity index (χ4n) is 2.43. The van der Waals surface area contributed by atoms with Crippen molar-refractivity contribution in [1.29, 1.82) is 0 Å². The molecule has 0 amide bonds. The van der Waals surface area contributed by atoms with Crippen LogP contribution in [0.1, 0.15) is 12.0 Å². The zero-order valence-electron chi connectivity index (χ0n) is 11.6. The number of nitrogen functional groups attached to an aromatic ring is 1. The number of nitrogens with two attached hydrogens (primary N) is 1. The molecular formula is C13H21N3O2S. The maximum absolute atomic E-state index is 12.6. The van der Waals surface area contributed by atoms with Crippen molar-refractivity contribution in [3.8, 4) is 0 Å². The van der Waals surface area contributed by atoms with E-state index in [-0.39, 0.29) is 6.04 Å². The molecule has 0 saturated carbocycles. The number of benzene rings is 1. The molecule has 0 radical (unpaired) electrons. The highest BCUT2D eigenvalue weighted by Crippen LogP contribution is 2.24. The quantitative estimate of drug-likeness (QED) is 0.837. The molecule has 6 heteroatoms. The highest BCUT2D eigenvalue weighted by atomic mass is 32.2. The van der Waals surface area contributed by atoms with Crippen LogP contribution in [0.4, 0.5) is 5.69 Å². The van der Waals surface area contributed by atoms with Crippen molar-refractivity contribution in [3.05, 3.63) is 23.8 Å². The number of nitrogens with zero attached hydrogens (tertiary/aromatic N) is 2. The van der Waals surface area contributed by atoms with Crippen LogP contribution in [0.25, 0.3) is 0 Å². The molecule has 1 fully saturated rings. The van der Waals surface area contributed by atoms with Gasteiger partial charge in [-0.1, -0.05) is 0 Å². The minimum atomic E-state index is -3.42. The summed E-state index contributed by atoms with van der Waals surface area (Å²) in [5.41, 5.74) is 7.09. The van der Waals surface area contributed by atoms with E-state index in [9.17, 15) is 8.42 Å². The number of anilines is 1. The lowest BCUT2D eigenvalue weighted by Crippen LogP contribution is -2.34. The summed E-state index contributed by atoms with van der Waals surface area (Å²) in [6.07, 6.45) is 0.869. The second kappa shape index (κ2) is 5.11. The molecule has 1 aromatic carbocycles. The summed E-state index contributed by atoms with van der Waals surface area (Å²) in [5, 5.41) is 0. The number of hydrogen-bond donors (Lipinski definition) is 1. The molecule has 1 heterocycles. The topological polar surface area (TPSA) is 66.6 Å². The summed E-state index contributed by atoms with van der Waals surface area (Å²) >= 11 is 0. The van der Waals surface area contributed by atoms with Crippen molar-refractivity contribution < 1.29 is 8.42 Å². The molecule has 1 aliphatic heterocycles. The van der Waals surface area contributed by atoms with Gasteiger partial charge < -0.3 is 10.6 Å². The Morgan fingerprint density at radius 2 is 2.00 bits per heavy atom. The molecule has 5 nitrogen and oxygen atoms in total. The molecule has 0 bridgehead atoms. The zero-order chi connectivity index (χ0) is 14.2. The predicted octanol–water partition coefficient (Wildman–Crippen LogP) is 0.902. The first kappa shape index (κ1) is 14.3. The maximum Gasteiger partial charge on any atom is 0.243 e. The van der Waals surface area contributed by atoms with Crippen molar-refractivity contribution in [3.63, 3.8) is 0 Å². The van der Waals surface area contributed by atoms with Crippen LogP contribution in [-0.4, -0.2) is 50.8 Å². The summed E-state index contributed by atoms with van der Waals surface area (Å²) in [4.78, 5) is 2.37. The Labute approximate surface area is 115 Å². The van der Waals surface area contributed by atoms with Gasteiger partial charge in [0.2, 0.25) is 10.0 Å². The van der Waals surface area contributed by atoms with Crippen LogP contribution < -0.4 is 5.73 Å². The summed E-state index contributed by atoms with van der Waals surface area (Å²) in [6, 6.07) is 5.27. The van der Waals surface area contributed by atoms with Gasteiger partial charge in [-0.05, 0) is 51.2 Å². The van der Waals surface area contributed by atoms with Crippen LogP contribution in [-0.2, 0) is 10.0 Å². The first-order chi connectivity index (χ1) is 8.80. The first-order valence-electron chi connectivity index (χ1n) is 6.34. The Hall–Kier alpha value is -1.11. The molecule has 0 spiro atoms. The SMILES string of the molecule is Cc1cc(N)cc(S(=O)(=O)N2CCC(N(C)C)C2)c1. The van der Waals surface area contributed by atoms with E-state index < -0.39 is 10.0 Å². The first-order valence-corrected chi connectivity index (χ1v) is 7.78. The van der Waals surface area contributed by atoms with Crippen LogP contribution in [0.15, 0.2) is 23.1 Å². The highest BCUT2D eigenvalue weighted by Gasteiger charge is 2.33. The van der Waals surface area contributed by atoms with E-state index in [4.69, 9.17) is 5.73 Å². The summed E-state index contributed by atoms with van der Waals surface area (Å²) in [7, 11) is 0.532. The Kier molecular flexibility index (Phi) is 3.85. The van der Waals surface area contributed by atoms with Gasteiger partial charge in [0.05, 0.1) is 4.90 Å². The fourth-order valence-corrected chi connectivity index (χ4v) is 4.06. The molecule has 1 atom stereocenters. The lowest BCUT2D eigenvalue weighted by Gasteiger charge is -2.20. The summed E-state index contributed by atoms with van der Waals surface area (Å²) in [5.74, 6) is 0. The summed E-state index contributed by atoms with van der Waals surface area (Å²) in [6.45, 7) is 2.96. The standard InChI is InChI=1S/C13H21N3O2S/c1-10-6-11(14)8-13(7-10)19(17,18)16-5-4-12(9-16)15(2)3/h6-8,12H,4-5,9,14H2,1-3H3. The lowest BCUT2D eigenvalue weighted by molar-refractivity contribution is 0.302. The third-order valence-corrected chi connectivity index (χ3v) is 5.41. The van der Waals surface area contributed by atoms with Gasteiger partial charge in [0.25, 0.3) is 0 Å². The van der Waals surface area contributed by atoms with Crippen molar-refractivity contribution in [2.24, 2.45) is 0 Å². The van der Waals surface area contributed by atoms with Crippen LogP contribution in [0.5, 0.6) is 0 Å². The summed E-state index contributed by atoms with van der Waals surface area (Å²) < 4.78 is 26.7. The number of sulfonamides is 1. The minimum absolute atomic E-state index is 0.289. The molecule has 2 rings (SSSR count). The maximum atomic E-state index is 12.6. The average Bonchev–Trinajstić information content (AvgIpc) is 2.77. The van der Waals surface area contributed by atoms with Gasteiger partial charge in [0, 0.05) is 24.8 Å². The van der Waals surface area contributed by atoms with Crippen molar-refractivity contribution in [2.75, 3.05) is 32.9 Å². The van der Waals surface area contributed by atoms with Crippen LogP contribution in [0.3, 0.4) is 0 Å². The van der Waals surface area contributed by atoms with Gasteiger partial charge in [-0.3, -0.25) is 0 Å². The molecule has 1 unspecified atom stereocenters. The second-order valence-electron chi connectivity index (χ2n) is 5.35. The minimum Gasteiger partial charge on any atom is -0.399 e. The largest absolute Gasteiger partial charge is 0.399 e. The van der Waals surface area contributed by atoms with Crippen LogP contribution >= 0.6 is 0 Å². The van der Waals surface area contributed by atoms with Gasteiger partial charge in [-0.25, -0.2) is 8.42 Å². The molecule has 106 valence electrons. The highest BCUT2D eigenvalue weighted by molar-refractivity contribution is 7.89. The zero-order valence-corrected chi connectivity index (χ0v) is 12.4. The van der Waals surface area contributed by atoms with Crippen molar-refractivity contribution in [2.45, 2.75) is 24.3 Å². The van der Waals surface area contributed by atoms with Crippen molar-refractivity contribution in [1.82, 2.24) is 9.21 Å². The van der Waals surface area contributed by atoms with Gasteiger partial charge in [-0.15, -0.1) is 0 Å². The molecule has 2 N–H and O–H groups in total. The monoisotopic (exact) mass is 283 g/mol. The van der Waals surface area contributed by atoms with E-state index in [1.807, 2.05) is 21.0 Å². The molecule has 0 aliphatic carbocycles. The van der Waals surface area contributed by atoms with Gasteiger partial charge in [0.15, 0.2) is 0 Å². The number of rotatable bonds is 3. The van der Waals surface area contributed by atoms with E-state index >= 15 is 0 Å². The van der Waals surface area contributed by atoms with Gasteiger partial charge >= 0.3 is 0 Å². The lowest BCUT2D eigenvalue weighted by atomic mass is 10.2. The molecule has 0 aromatic heterocycles.